The lowest BCUT2D eigenvalue weighted by molar-refractivity contribution is -0.161. The molecule has 59 heavy (non-hydrogen) atoms. The minimum atomic E-state index is -0.783. The van der Waals surface area contributed by atoms with Crippen molar-refractivity contribution in [3.63, 3.8) is 0 Å². The molecule has 1 atom stereocenters. The van der Waals surface area contributed by atoms with E-state index in [0.29, 0.717) is 12.8 Å². The Hall–Kier alpha value is -3.70. The van der Waals surface area contributed by atoms with Gasteiger partial charge in [0.25, 0.3) is 0 Å². The van der Waals surface area contributed by atoms with E-state index in [9.17, 15) is 14.7 Å². The summed E-state index contributed by atoms with van der Waals surface area (Å²) in [5, 5.41) is 9.54. The fourth-order valence-corrected chi connectivity index (χ4v) is 5.99. The van der Waals surface area contributed by atoms with Crippen LogP contribution in [-0.4, -0.2) is 36.4 Å². The van der Waals surface area contributed by atoms with Crippen LogP contribution in [0.25, 0.3) is 0 Å². The molecule has 1 unspecified atom stereocenters. The molecule has 0 rings (SSSR count). The lowest BCUT2D eigenvalue weighted by Gasteiger charge is -2.15. The maximum atomic E-state index is 12.2. The number of hydrogen-bond acceptors (Lipinski definition) is 5. The lowest BCUT2D eigenvalue weighted by Crippen LogP contribution is -2.28. The maximum Gasteiger partial charge on any atom is 0.306 e. The second kappa shape index (κ2) is 48.7. The number of aliphatic hydroxyl groups excluding tert-OH is 1. The number of ether oxygens (including phenoxy) is 2. The molecule has 0 aliphatic heterocycles. The number of allylic oxidation sites excluding steroid dienone is 20. The number of rotatable bonds is 41. The molecule has 0 spiro atoms. The molecule has 0 aromatic rings. The highest BCUT2D eigenvalue weighted by Gasteiger charge is 2.16. The summed E-state index contributed by atoms with van der Waals surface area (Å²) in [6.45, 7) is 3.96. The van der Waals surface area contributed by atoms with Gasteiger partial charge in [-0.2, -0.15) is 0 Å². The monoisotopic (exact) mass is 815 g/mol. The second-order valence-corrected chi connectivity index (χ2v) is 15.1. The number of unbranched alkanes of at least 4 members (excludes halogenated alkanes) is 13. The van der Waals surface area contributed by atoms with Crippen LogP contribution >= 0.6 is 0 Å². The van der Waals surface area contributed by atoms with Crippen molar-refractivity contribution in [2.75, 3.05) is 13.2 Å². The first-order chi connectivity index (χ1) is 29.1. The normalized spacial score (nSPS) is 13.3. The van der Waals surface area contributed by atoms with E-state index in [4.69, 9.17) is 9.47 Å². The predicted molar refractivity (Wildman–Crippen MR) is 255 cm³/mol. The molecule has 5 nitrogen and oxygen atoms in total. The lowest BCUT2D eigenvalue weighted by atomic mass is 10.1. The smallest absolute Gasteiger partial charge is 0.306 e. The van der Waals surface area contributed by atoms with Crippen molar-refractivity contribution >= 4 is 11.9 Å². The number of aliphatic hydroxyl groups is 1. The highest BCUT2D eigenvalue weighted by atomic mass is 16.6. The minimum Gasteiger partial charge on any atom is -0.462 e. The number of carbonyl (C=O) groups is 2. The van der Waals surface area contributed by atoms with Crippen LogP contribution in [0.1, 0.15) is 187 Å². The van der Waals surface area contributed by atoms with Crippen LogP contribution in [-0.2, 0) is 19.1 Å². The third-order valence-electron chi connectivity index (χ3n) is 9.52. The Labute approximate surface area is 363 Å². The molecule has 0 saturated heterocycles. The summed E-state index contributed by atoms with van der Waals surface area (Å²) in [5.74, 6) is -0.621. The zero-order chi connectivity index (χ0) is 42.8. The molecule has 5 heteroatoms. The fourth-order valence-electron chi connectivity index (χ4n) is 5.99. The number of carbonyl (C=O) groups excluding carboxylic acids is 2. The van der Waals surface area contributed by atoms with Gasteiger partial charge in [0, 0.05) is 12.8 Å². The van der Waals surface area contributed by atoms with Crippen LogP contribution in [0.5, 0.6) is 0 Å². The average molecular weight is 815 g/mol. The Morgan fingerprint density at radius 2 is 0.729 bits per heavy atom. The van der Waals surface area contributed by atoms with E-state index >= 15 is 0 Å². The van der Waals surface area contributed by atoms with Gasteiger partial charge in [0.15, 0.2) is 6.10 Å². The molecule has 0 aromatic carbocycles. The maximum absolute atomic E-state index is 12.2. The number of esters is 2. The van der Waals surface area contributed by atoms with E-state index < -0.39 is 6.10 Å². The van der Waals surface area contributed by atoms with Crippen molar-refractivity contribution in [2.45, 2.75) is 193 Å². The third-order valence-corrected chi connectivity index (χ3v) is 9.52. The van der Waals surface area contributed by atoms with Crippen LogP contribution < -0.4 is 0 Å². The molecule has 0 aromatic heterocycles. The zero-order valence-corrected chi connectivity index (χ0v) is 37.7. The molecule has 1 N–H and O–H groups in total. The standard InChI is InChI=1S/C54H86O5/c1-3-5-7-9-11-13-14-15-16-17-18-19-20-21-22-23-24-25-26-27-28-29-30-31-32-33-34-35-36-37-38-39-40-41-43-45-47-49-54(57)59-52(50-55)51-58-53(56)48-46-44-42-12-10-8-6-4-2/h5,7,11,13,15-16,18-19,21-22,24-25,27-28,30-31,33-34,36-37,52,55H,3-4,6,8-10,12,14,17,20,23,26,29,32,35,38-51H2,1-2H3/b7-5-,13-11-,16-15-,19-18-,22-21-,25-24-,28-27-,31-30-,34-33-,37-36-. The van der Waals surface area contributed by atoms with Gasteiger partial charge in [-0.1, -0.05) is 206 Å². The highest BCUT2D eigenvalue weighted by Crippen LogP contribution is 2.12. The van der Waals surface area contributed by atoms with Crippen LogP contribution in [0.3, 0.4) is 0 Å². The van der Waals surface area contributed by atoms with E-state index in [0.717, 1.165) is 109 Å². The molecule has 0 aliphatic carbocycles. The van der Waals surface area contributed by atoms with Crippen molar-refractivity contribution in [3.8, 4) is 0 Å². The fraction of sp³-hybridized carbons (Fsp3) is 0.593. The molecular formula is C54H86O5. The molecule has 0 radical (unpaired) electrons. The summed E-state index contributed by atoms with van der Waals surface area (Å²) in [7, 11) is 0. The van der Waals surface area contributed by atoms with Gasteiger partial charge in [0.05, 0.1) is 6.61 Å². The van der Waals surface area contributed by atoms with Crippen LogP contribution in [0.4, 0.5) is 0 Å². The number of hydrogen-bond donors (Lipinski definition) is 1. The van der Waals surface area contributed by atoms with Crippen molar-refractivity contribution in [3.05, 3.63) is 122 Å². The van der Waals surface area contributed by atoms with E-state index in [1.54, 1.807) is 0 Å². The quantitative estimate of drug-likeness (QED) is 0.0378. The molecule has 0 aliphatic rings. The highest BCUT2D eigenvalue weighted by molar-refractivity contribution is 5.70. The molecule has 332 valence electrons. The third kappa shape index (κ3) is 46.9. The average Bonchev–Trinajstić information content (AvgIpc) is 3.24. The molecule has 0 saturated carbocycles. The molecule has 0 fully saturated rings. The summed E-state index contributed by atoms with van der Waals surface area (Å²) >= 11 is 0. The van der Waals surface area contributed by atoms with E-state index in [-0.39, 0.29) is 25.2 Å². The Kier molecular flexibility index (Phi) is 45.6. The molecular weight excluding hydrogens is 729 g/mol. The van der Waals surface area contributed by atoms with Crippen LogP contribution in [0.2, 0.25) is 0 Å². The Morgan fingerprint density at radius 1 is 0.407 bits per heavy atom. The molecule has 0 amide bonds. The first-order valence-electron chi connectivity index (χ1n) is 23.6. The first kappa shape index (κ1) is 55.3. The topological polar surface area (TPSA) is 72.8 Å². The summed E-state index contributed by atoms with van der Waals surface area (Å²) < 4.78 is 10.6. The predicted octanol–water partition coefficient (Wildman–Crippen LogP) is 15.6. The van der Waals surface area contributed by atoms with E-state index in [1.165, 1.54) is 51.4 Å². The Bertz CT molecular complexity index is 1240. The summed E-state index contributed by atoms with van der Waals surface area (Å²) in [6.07, 6.45) is 71.5. The van der Waals surface area contributed by atoms with Crippen molar-refractivity contribution < 1.29 is 24.2 Å². The van der Waals surface area contributed by atoms with Gasteiger partial charge in [-0.3, -0.25) is 9.59 Å². The van der Waals surface area contributed by atoms with E-state index in [2.05, 4.69) is 135 Å². The van der Waals surface area contributed by atoms with Crippen LogP contribution in [0.15, 0.2) is 122 Å². The molecule has 0 bridgehead atoms. The Morgan fingerprint density at radius 3 is 1.10 bits per heavy atom. The van der Waals surface area contributed by atoms with Gasteiger partial charge >= 0.3 is 11.9 Å². The van der Waals surface area contributed by atoms with Crippen molar-refractivity contribution in [1.29, 1.82) is 0 Å². The summed E-state index contributed by atoms with van der Waals surface area (Å²) in [5.41, 5.74) is 0. The van der Waals surface area contributed by atoms with Crippen molar-refractivity contribution in [1.82, 2.24) is 0 Å². The Balaban J connectivity index is 3.65. The zero-order valence-electron chi connectivity index (χ0n) is 37.7. The minimum absolute atomic E-state index is 0.0775. The van der Waals surface area contributed by atoms with Gasteiger partial charge in [-0.25, -0.2) is 0 Å². The summed E-state index contributed by atoms with van der Waals surface area (Å²) in [6, 6.07) is 0. The second-order valence-electron chi connectivity index (χ2n) is 15.1. The van der Waals surface area contributed by atoms with Gasteiger partial charge in [0.1, 0.15) is 6.61 Å². The summed E-state index contributed by atoms with van der Waals surface area (Å²) in [4.78, 5) is 24.2. The van der Waals surface area contributed by atoms with Crippen molar-refractivity contribution in [2.24, 2.45) is 0 Å². The molecule has 0 heterocycles. The van der Waals surface area contributed by atoms with E-state index in [1.807, 2.05) is 0 Å². The van der Waals surface area contributed by atoms with Gasteiger partial charge in [-0.15, -0.1) is 0 Å². The van der Waals surface area contributed by atoms with Crippen LogP contribution in [0, 0.1) is 0 Å². The first-order valence-corrected chi connectivity index (χ1v) is 23.6. The van der Waals surface area contributed by atoms with Gasteiger partial charge in [-0.05, 0) is 89.9 Å². The van der Waals surface area contributed by atoms with Gasteiger partial charge < -0.3 is 14.6 Å². The van der Waals surface area contributed by atoms with Gasteiger partial charge in [0.2, 0.25) is 0 Å². The largest absolute Gasteiger partial charge is 0.462 e. The SMILES string of the molecule is CC/C=C\C/C=C\C/C=C\C/C=C\C/C=C\C/C=C\C/C=C\C/C=C\C/C=C\C/C=C\CCCCCCCCC(=O)OC(CO)COC(=O)CCCCCCCCCC.